The lowest BCUT2D eigenvalue weighted by molar-refractivity contribution is -0.132. The predicted molar refractivity (Wildman–Crippen MR) is 104 cm³/mol. The summed E-state index contributed by atoms with van der Waals surface area (Å²) in [6.45, 7) is 5.41. The molecule has 3 atom stereocenters. The Labute approximate surface area is 158 Å². The number of thiocarbonyl (C=S) groups is 1. The van der Waals surface area contributed by atoms with Crippen molar-refractivity contribution >= 4 is 35.0 Å². The Morgan fingerprint density at radius 2 is 2.16 bits per heavy atom. The molecule has 3 aliphatic rings. The Kier molecular flexibility index (Phi) is 4.38. The Bertz CT molecular complexity index is 749. The van der Waals surface area contributed by atoms with Crippen LogP contribution >= 0.6 is 24.0 Å². The molecule has 132 valence electrons. The molecule has 3 heterocycles. The van der Waals surface area contributed by atoms with E-state index in [9.17, 15) is 4.79 Å². The van der Waals surface area contributed by atoms with Crippen molar-refractivity contribution in [3.05, 3.63) is 46.4 Å². The number of carbonyl (C=O) groups excluding carboxylic acids is 1. The van der Waals surface area contributed by atoms with Gasteiger partial charge in [-0.25, -0.2) is 0 Å². The molecule has 1 fully saturated rings. The predicted octanol–water partition coefficient (Wildman–Crippen LogP) is 3.44. The highest BCUT2D eigenvalue weighted by Gasteiger charge is 2.50. The topological polar surface area (TPSA) is 41.6 Å². The van der Waals surface area contributed by atoms with Crippen molar-refractivity contribution in [1.82, 2.24) is 10.2 Å². The molecule has 0 radical (unpaired) electrons. The van der Waals surface area contributed by atoms with Crippen molar-refractivity contribution < 1.29 is 9.53 Å². The van der Waals surface area contributed by atoms with Crippen LogP contribution in [-0.2, 0) is 16.1 Å². The maximum Gasteiger partial charge on any atom is 0.239 e. The van der Waals surface area contributed by atoms with Gasteiger partial charge in [-0.1, -0.05) is 37.3 Å². The third-order valence-electron chi connectivity index (χ3n) is 5.40. The molecule has 25 heavy (non-hydrogen) atoms. The van der Waals surface area contributed by atoms with E-state index in [2.05, 4.69) is 19.2 Å². The number of ether oxygens (including phenoxy) is 1. The minimum Gasteiger partial charge on any atom is -0.370 e. The highest BCUT2D eigenvalue weighted by Crippen LogP contribution is 2.50. The number of benzene rings is 1. The van der Waals surface area contributed by atoms with E-state index in [1.807, 2.05) is 30.3 Å². The largest absolute Gasteiger partial charge is 0.370 e. The van der Waals surface area contributed by atoms with Gasteiger partial charge < -0.3 is 10.1 Å². The summed E-state index contributed by atoms with van der Waals surface area (Å²) >= 11 is 7.21. The molecule has 0 saturated carbocycles. The molecule has 4 nitrogen and oxygen atoms in total. The summed E-state index contributed by atoms with van der Waals surface area (Å²) in [5.74, 6) is -0.0133. The van der Waals surface area contributed by atoms with Gasteiger partial charge in [0.2, 0.25) is 5.91 Å². The van der Waals surface area contributed by atoms with Crippen LogP contribution in [0.5, 0.6) is 0 Å². The lowest BCUT2D eigenvalue weighted by Gasteiger charge is -2.39. The summed E-state index contributed by atoms with van der Waals surface area (Å²) in [5, 5.41) is 3.93. The van der Waals surface area contributed by atoms with Gasteiger partial charge in [0.1, 0.15) is 0 Å². The zero-order valence-corrected chi connectivity index (χ0v) is 16.1. The average Bonchev–Trinajstić information content (AvgIpc) is 2.96. The third-order valence-corrected chi connectivity index (χ3v) is 7.04. The minimum atomic E-state index is -0.170. The summed E-state index contributed by atoms with van der Waals surface area (Å²) in [4.78, 5) is 16.2. The first-order valence-corrected chi connectivity index (χ1v) is 9.98. The first-order chi connectivity index (χ1) is 12.0. The number of fused-ring (bicyclic) bond motifs is 2. The average molecular weight is 375 g/mol. The van der Waals surface area contributed by atoms with E-state index in [0.717, 1.165) is 18.4 Å². The van der Waals surface area contributed by atoms with Crippen LogP contribution in [-0.4, -0.2) is 33.5 Å². The number of hydrogen-bond acceptors (Lipinski definition) is 4. The second-order valence-corrected chi connectivity index (χ2v) is 8.72. The van der Waals surface area contributed by atoms with Crippen LogP contribution in [0.25, 0.3) is 0 Å². The second-order valence-electron chi connectivity index (χ2n) is 7.09. The Hall–Kier alpha value is -1.37. The fourth-order valence-corrected chi connectivity index (χ4v) is 5.41. The number of thioether (sulfide) groups is 1. The molecule has 0 aromatic heterocycles. The quantitative estimate of drug-likeness (QED) is 0.821. The van der Waals surface area contributed by atoms with Crippen molar-refractivity contribution in [3.63, 3.8) is 0 Å². The number of nitrogens with one attached hydrogen (secondary N) is 1. The van der Waals surface area contributed by atoms with Crippen LogP contribution in [0, 0.1) is 5.92 Å². The van der Waals surface area contributed by atoms with Gasteiger partial charge in [-0.2, -0.15) is 0 Å². The van der Waals surface area contributed by atoms with E-state index in [-0.39, 0.29) is 22.8 Å². The van der Waals surface area contributed by atoms with Gasteiger partial charge in [-0.05, 0) is 43.1 Å². The molecule has 6 heteroatoms. The molecule has 1 saturated heterocycles. The zero-order valence-electron chi connectivity index (χ0n) is 14.5. The zero-order chi connectivity index (χ0) is 17.6. The molecule has 3 aliphatic heterocycles. The van der Waals surface area contributed by atoms with Gasteiger partial charge in [-0.15, -0.1) is 11.8 Å². The van der Waals surface area contributed by atoms with Crippen LogP contribution in [0.15, 0.2) is 40.8 Å². The number of amides is 1. The van der Waals surface area contributed by atoms with E-state index in [4.69, 9.17) is 17.0 Å². The summed E-state index contributed by atoms with van der Waals surface area (Å²) in [6, 6.07) is 10.0. The second kappa shape index (κ2) is 6.41. The molecule has 0 bridgehead atoms. The number of carbonyl (C=O) groups is 1. The maximum atomic E-state index is 13.3. The lowest BCUT2D eigenvalue weighted by atomic mass is 9.83. The van der Waals surface area contributed by atoms with Gasteiger partial charge in [-0.3, -0.25) is 9.69 Å². The smallest absolute Gasteiger partial charge is 0.239 e. The maximum absolute atomic E-state index is 13.3. The number of nitrogens with zero attached hydrogens (tertiary/aromatic N) is 1. The number of rotatable bonds is 3. The standard InChI is InChI=1S/C19H22N2O2S2/c1-3-19(2)9-13-14(11-23-19)25-16-15(13)17(22)21(18(24)20-16)10-12-7-5-4-6-8-12/h4-8,15-16H,3,9-11H2,1-2H3,(H,20,24). The normalized spacial score (nSPS) is 31.7. The van der Waals surface area contributed by atoms with E-state index in [0.29, 0.717) is 18.3 Å². The monoisotopic (exact) mass is 374 g/mol. The van der Waals surface area contributed by atoms with Gasteiger partial charge in [0, 0.05) is 4.91 Å². The van der Waals surface area contributed by atoms with Crippen molar-refractivity contribution in [3.8, 4) is 0 Å². The Balaban J connectivity index is 1.60. The first-order valence-electron chi connectivity index (χ1n) is 8.69. The van der Waals surface area contributed by atoms with Crippen LogP contribution in [0.1, 0.15) is 32.3 Å². The number of hydrogen-bond donors (Lipinski definition) is 1. The molecule has 0 aliphatic carbocycles. The Morgan fingerprint density at radius 1 is 1.40 bits per heavy atom. The molecular weight excluding hydrogens is 352 g/mol. The molecular formula is C19H22N2O2S2. The molecule has 1 aromatic carbocycles. The minimum absolute atomic E-state index is 0.0137. The summed E-state index contributed by atoms with van der Waals surface area (Å²) in [6.07, 6.45) is 1.77. The fourth-order valence-electron chi connectivity index (χ4n) is 3.68. The van der Waals surface area contributed by atoms with Crippen LogP contribution in [0.4, 0.5) is 0 Å². The van der Waals surface area contributed by atoms with Gasteiger partial charge >= 0.3 is 0 Å². The van der Waals surface area contributed by atoms with Crippen LogP contribution in [0.3, 0.4) is 0 Å². The molecule has 1 aromatic rings. The van der Waals surface area contributed by atoms with Crippen molar-refractivity contribution in [2.24, 2.45) is 5.92 Å². The van der Waals surface area contributed by atoms with Crippen molar-refractivity contribution in [2.75, 3.05) is 6.61 Å². The van der Waals surface area contributed by atoms with E-state index in [1.54, 1.807) is 16.7 Å². The van der Waals surface area contributed by atoms with Gasteiger partial charge in [0.25, 0.3) is 0 Å². The summed E-state index contributed by atoms with van der Waals surface area (Å²) in [5.41, 5.74) is 2.17. The fraction of sp³-hybridized carbons (Fsp3) is 0.474. The van der Waals surface area contributed by atoms with E-state index < -0.39 is 0 Å². The van der Waals surface area contributed by atoms with Crippen LogP contribution < -0.4 is 5.32 Å². The molecule has 1 N–H and O–H groups in total. The van der Waals surface area contributed by atoms with E-state index in [1.165, 1.54) is 10.5 Å². The molecule has 4 rings (SSSR count). The SMILES string of the molecule is CCC1(C)CC2=C(CO1)SC1NC(=S)N(Cc3ccccc3)C(=O)C21. The highest BCUT2D eigenvalue weighted by atomic mass is 32.2. The Morgan fingerprint density at radius 3 is 2.88 bits per heavy atom. The molecule has 0 spiro atoms. The molecule has 1 amide bonds. The third kappa shape index (κ3) is 3.00. The summed E-state index contributed by atoms with van der Waals surface area (Å²) < 4.78 is 6.05. The van der Waals surface area contributed by atoms with Crippen molar-refractivity contribution in [2.45, 2.75) is 44.2 Å². The first kappa shape index (κ1) is 17.1. The lowest BCUT2D eigenvalue weighted by Crippen LogP contribution is -2.57. The highest BCUT2D eigenvalue weighted by molar-refractivity contribution is 8.04. The summed E-state index contributed by atoms with van der Waals surface area (Å²) in [7, 11) is 0. The van der Waals surface area contributed by atoms with Crippen LogP contribution in [0.2, 0.25) is 0 Å². The van der Waals surface area contributed by atoms with E-state index >= 15 is 0 Å². The van der Waals surface area contributed by atoms with Gasteiger partial charge in [0.15, 0.2) is 5.11 Å². The van der Waals surface area contributed by atoms with Gasteiger partial charge in [0.05, 0.1) is 30.0 Å². The van der Waals surface area contributed by atoms with Crippen molar-refractivity contribution in [1.29, 1.82) is 0 Å². The molecule has 3 unspecified atom stereocenters.